The third-order valence-corrected chi connectivity index (χ3v) is 13.7. The van der Waals surface area contributed by atoms with E-state index in [2.05, 4.69) is 199 Å². The molecule has 9 aromatic rings. The predicted octanol–water partition coefficient (Wildman–Crippen LogP) is -1.38. The molecular formula is C47H43B9N2O. The first-order valence-corrected chi connectivity index (χ1v) is 20.8. The second-order valence-corrected chi connectivity index (χ2v) is 17.5. The van der Waals surface area contributed by atoms with Crippen LogP contribution < -0.4 is 27.3 Å². The first-order valence-electron chi connectivity index (χ1n) is 20.8. The Balaban J connectivity index is 1.28. The van der Waals surface area contributed by atoms with Gasteiger partial charge in [-0.2, -0.15) is 0 Å². The number of aromatic nitrogens is 2. The Labute approximate surface area is 355 Å². The molecule has 0 bridgehead atoms. The van der Waals surface area contributed by atoms with Crippen LogP contribution in [0.25, 0.3) is 82.8 Å². The van der Waals surface area contributed by atoms with E-state index in [1.54, 1.807) is 0 Å². The van der Waals surface area contributed by atoms with Crippen LogP contribution in [-0.2, 0) is 5.21 Å². The molecular weight excluding hydrogens is 706 g/mol. The minimum Gasteiger partial charge on any atom is -0.408 e. The summed E-state index contributed by atoms with van der Waals surface area (Å²) in [7, 11) is 19.3. The quantitative estimate of drug-likeness (QED) is 0.162. The SMILES string of the molecule is Bc1c(B)c(B)c(-c2c3ccccc3c(-c3ccc(-c4ccccc4-n4c(C(B)(B)C(B)(B)O)nc5ccccc54)cc3)c3ccc(-c4ccccc4)cc23)c(B)c1B. The van der Waals surface area contributed by atoms with Crippen LogP contribution in [0.15, 0.2) is 146 Å². The minimum atomic E-state index is -1.01. The van der Waals surface area contributed by atoms with Gasteiger partial charge < -0.3 is 5.11 Å². The first-order chi connectivity index (χ1) is 28.3. The first kappa shape index (κ1) is 38.8. The van der Waals surface area contributed by atoms with Crippen LogP contribution in [-0.4, -0.2) is 90.7 Å². The molecule has 0 saturated heterocycles. The van der Waals surface area contributed by atoms with Crippen molar-refractivity contribution < 1.29 is 5.11 Å². The average Bonchev–Trinajstić information content (AvgIpc) is 3.65. The predicted molar refractivity (Wildman–Crippen MR) is 280 cm³/mol. The van der Waals surface area contributed by atoms with E-state index in [0.29, 0.717) is 0 Å². The monoisotopic (exact) mass is 750 g/mol. The number of para-hydroxylation sites is 3. The normalized spacial score (nSPS) is 12.1. The molecule has 9 rings (SSSR count). The summed E-state index contributed by atoms with van der Waals surface area (Å²) in [5.74, 6) is 0.826. The van der Waals surface area contributed by atoms with Crippen molar-refractivity contribution in [1.29, 1.82) is 0 Å². The molecule has 1 N–H and O–H groups in total. The summed E-state index contributed by atoms with van der Waals surface area (Å²) in [5.41, 5.74) is 19.4. The molecule has 59 heavy (non-hydrogen) atoms. The van der Waals surface area contributed by atoms with Crippen molar-refractivity contribution in [1.82, 2.24) is 9.55 Å². The second-order valence-electron chi connectivity index (χ2n) is 17.5. The van der Waals surface area contributed by atoms with Gasteiger partial charge in [-0.3, -0.25) is 4.57 Å². The Morgan fingerprint density at radius 3 is 1.64 bits per heavy atom. The van der Waals surface area contributed by atoms with Crippen LogP contribution in [0.3, 0.4) is 0 Å². The van der Waals surface area contributed by atoms with E-state index in [9.17, 15) is 5.11 Å². The third-order valence-electron chi connectivity index (χ3n) is 13.7. The highest BCUT2D eigenvalue weighted by molar-refractivity contribution is 6.69. The van der Waals surface area contributed by atoms with E-state index in [0.717, 1.165) is 33.7 Å². The molecule has 0 aliphatic rings. The lowest BCUT2D eigenvalue weighted by atomic mass is 9.35. The van der Waals surface area contributed by atoms with Gasteiger partial charge in [-0.05, 0) is 95.4 Å². The summed E-state index contributed by atoms with van der Waals surface area (Å²) in [5, 5.41) is 14.8. The Hall–Kier alpha value is -5.71. The number of rotatable bonds is 7. The second kappa shape index (κ2) is 14.5. The van der Waals surface area contributed by atoms with Gasteiger partial charge in [-0.1, -0.05) is 132 Å². The number of imidazole rings is 1. The number of hydrogen-bond donors (Lipinski definition) is 1. The Morgan fingerprint density at radius 2 is 0.966 bits per heavy atom. The van der Waals surface area contributed by atoms with Crippen LogP contribution in [0.4, 0.5) is 0 Å². The molecule has 0 unspecified atom stereocenters. The molecule has 1 heterocycles. The average molecular weight is 749 g/mol. The zero-order chi connectivity index (χ0) is 41.4. The van der Waals surface area contributed by atoms with Gasteiger partial charge in [0.15, 0.2) is 0 Å². The minimum absolute atomic E-state index is 0.648. The van der Waals surface area contributed by atoms with Crippen molar-refractivity contribution in [3.8, 4) is 50.2 Å². The van der Waals surface area contributed by atoms with Gasteiger partial charge in [-0.15, -0.1) is 16.4 Å². The van der Waals surface area contributed by atoms with E-state index >= 15 is 0 Å². The van der Waals surface area contributed by atoms with Crippen LogP contribution in [0.1, 0.15) is 5.82 Å². The van der Waals surface area contributed by atoms with Crippen LogP contribution in [0.2, 0.25) is 0 Å². The molecule has 12 heteroatoms. The fourth-order valence-electron chi connectivity index (χ4n) is 9.14. The van der Waals surface area contributed by atoms with E-state index in [-0.39, 0.29) is 0 Å². The van der Waals surface area contributed by atoms with Crippen LogP contribution >= 0.6 is 0 Å². The smallest absolute Gasteiger partial charge is 0.139 e. The molecule has 8 aromatic carbocycles. The molecule has 1 aromatic heterocycles. The number of aliphatic hydroxyl groups is 1. The molecule has 0 aliphatic carbocycles. The van der Waals surface area contributed by atoms with Crippen molar-refractivity contribution >= 4 is 131 Å². The maximum Gasteiger partial charge on any atom is 0.139 e. The number of hydrogen-bond acceptors (Lipinski definition) is 2. The molecule has 0 atom stereocenters. The Morgan fingerprint density at radius 1 is 0.441 bits per heavy atom. The van der Waals surface area contributed by atoms with Gasteiger partial charge in [0.2, 0.25) is 0 Å². The van der Waals surface area contributed by atoms with Crippen molar-refractivity contribution in [2.45, 2.75) is 10.6 Å². The van der Waals surface area contributed by atoms with Gasteiger partial charge in [-0.25, -0.2) is 4.98 Å². The van der Waals surface area contributed by atoms with Gasteiger partial charge >= 0.3 is 0 Å². The molecule has 0 amide bonds. The molecule has 0 saturated carbocycles. The van der Waals surface area contributed by atoms with Crippen molar-refractivity contribution in [3.63, 3.8) is 0 Å². The summed E-state index contributed by atoms with van der Waals surface area (Å²) < 4.78 is 2.25. The molecule has 3 nitrogen and oxygen atoms in total. The topological polar surface area (TPSA) is 38.0 Å². The summed E-state index contributed by atoms with van der Waals surface area (Å²) >= 11 is 0. The highest BCUT2D eigenvalue weighted by Gasteiger charge is 2.40. The molecule has 0 radical (unpaired) electrons. The lowest BCUT2D eigenvalue weighted by molar-refractivity contribution is 0.189. The van der Waals surface area contributed by atoms with Gasteiger partial charge in [0.25, 0.3) is 0 Å². The highest BCUT2D eigenvalue weighted by Crippen LogP contribution is 2.45. The van der Waals surface area contributed by atoms with Gasteiger partial charge in [0.1, 0.15) is 76.4 Å². The summed E-state index contributed by atoms with van der Waals surface area (Å²) in [6, 6.07) is 52.7. The maximum atomic E-state index is 11.4. The summed E-state index contributed by atoms with van der Waals surface area (Å²) in [4.78, 5) is 5.16. The molecule has 0 spiro atoms. The van der Waals surface area contributed by atoms with E-state index in [4.69, 9.17) is 4.98 Å². The standard InChI is InChI=1S/C47H43B9N2O/c48-40-39(41(49)43(51)44(52)42(40)50)38-31-14-5-4-13-30(31)37(32-23-22-28(24-33(32)38)25-10-2-1-3-11-25)27-20-18-26(19-21-27)29-12-6-8-16-35(29)58-36-17-9-7-15-34(36)57-45(58)46(53,54)47(55,56)59/h1-24,59H,48-56H2. The Kier molecular flexibility index (Phi) is 9.56. The Bertz CT molecular complexity index is 3090. The fraction of sp³-hybridized carbons (Fsp3) is 0.0426. The maximum absolute atomic E-state index is 11.4. The van der Waals surface area contributed by atoms with Gasteiger partial charge in [0, 0.05) is 5.56 Å². The zero-order valence-corrected chi connectivity index (χ0v) is 35.7. The van der Waals surface area contributed by atoms with E-state index in [1.807, 2.05) is 21.8 Å². The summed E-state index contributed by atoms with van der Waals surface area (Å²) in [6.45, 7) is 0. The highest BCUT2D eigenvalue weighted by atomic mass is 16.3. The molecule has 274 valence electrons. The van der Waals surface area contributed by atoms with Crippen molar-refractivity contribution in [3.05, 3.63) is 151 Å². The van der Waals surface area contributed by atoms with E-state index in [1.165, 1.54) is 82.2 Å². The number of nitrogens with zero attached hydrogens (tertiary/aromatic N) is 2. The fourth-order valence-corrected chi connectivity index (χ4v) is 9.14. The zero-order valence-electron chi connectivity index (χ0n) is 35.7. The van der Waals surface area contributed by atoms with Crippen LogP contribution in [0.5, 0.6) is 0 Å². The summed E-state index contributed by atoms with van der Waals surface area (Å²) in [6.07, 6.45) is 0. The van der Waals surface area contributed by atoms with Gasteiger partial charge in [0.05, 0.1) is 16.7 Å². The van der Waals surface area contributed by atoms with Crippen molar-refractivity contribution in [2.24, 2.45) is 0 Å². The van der Waals surface area contributed by atoms with Crippen LogP contribution in [0, 0.1) is 0 Å². The molecule has 0 aliphatic heterocycles. The van der Waals surface area contributed by atoms with E-state index < -0.39 is 10.6 Å². The lowest BCUT2D eigenvalue weighted by Crippen LogP contribution is -2.55. The number of benzene rings is 8. The molecule has 0 fully saturated rings. The van der Waals surface area contributed by atoms with Crippen molar-refractivity contribution in [2.75, 3.05) is 0 Å². The third kappa shape index (κ3) is 6.27. The lowest BCUT2D eigenvalue weighted by Gasteiger charge is -2.38. The number of fused-ring (bicyclic) bond motifs is 3. The largest absolute Gasteiger partial charge is 0.408 e.